The first kappa shape index (κ1) is 21.6. The van der Waals surface area contributed by atoms with Crippen LogP contribution in [0.3, 0.4) is 0 Å². The van der Waals surface area contributed by atoms with Gasteiger partial charge < -0.3 is 19.1 Å². The molecule has 0 bridgehead atoms. The summed E-state index contributed by atoms with van der Waals surface area (Å²) in [5.74, 6) is -0.249. The molecule has 0 N–H and O–H groups in total. The van der Waals surface area contributed by atoms with Gasteiger partial charge in [-0.05, 0) is 51.8 Å². The van der Waals surface area contributed by atoms with Crippen molar-refractivity contribution in [2.75, 3.05) is 39.3 Å². The molecule has 1 unspecified atom stereocenters. The molecule has 0 radical (unpaired) electrons. The molecule has 0 saturated carbocycles. The van der Waals surface area contributed by atoms with Crippen LogP contribution in [0.2, 0.25) is 0 Å². The number of fused-ring (bicyclic) bond motifs is 1. The summed E-state index contributed by atoms with van der Waals surface area (Å²) in [5, 5.41) is 0. The van der Waals surface area contributed by atoms with E-state index in [1.54, 1.807) is 4.90 Å². The van der Waals surface area contributed by atoms with Gasteiger partial charge in [-0.25, -0.2) is 9.59 Å². The number of rotatable bonds is 5. The molecule has 3 rings (SSSR count). The molecule has 1 amide bonds. The van der Waals surface area contributed by atoms with Crippen LogP contribution >= 0.6 is 0 Å². The highest BCUT2D eigenvalue weighted by Gasteiger charge is 2.30. The second-order valence-corrected chi connectivity index (χ2v) is 8.59. The number of hydrogen-bond donors (Lipinski definition) is 0. The molecule has 160 valence electrons. The van der Waals surface area contributed by atoms with Crippen molar-refractivity contribution >= 4 is 12.1 Å². The number of benzene rings is 1. The fourth-order valence-electron chi connectivity index (χ4n) is 3.83. The van der Waals surface area contributed by atoms with Gasteiger partial charge in [-0.15, -0.1) is 0 Å². The Kier molecular flexibility index (Phi) is 6.49. The Balaban J connectivity index is 1.64. The van der Waals surface area contributed by atoms with Gasteiger partial charge in [0.1, 0.15) is 12.2 Å². The summed E-state index contributed by atoms with van der Waals surface area (Å²) in [4.78, 5) is 28.2. The maximum absolute atomic E-state index is 12.3. The van der Waals surface area contributed by atoms with E-state index >= 15 is 0 Å². The minimum Gasteiger partial charge on any atom is -0.457 e. The summed E-state index contributed by atoms with van der Waals surface area (Å²) in [6.45, 7) is 14.2. The van der Waals surface area contributed by atoms with Crippen LogP contribution < -0.4 is 0 Å². The fourth-order valence-corrected chi connectivity index (χ4v) is 3.83. The van der Waals surface area contributed by atoms with E-state index in [0.717, 1.165) is 36.3 Å². The van der Waals surface area contributed by atoms with Gasteiger partial charge in [0, 0.05) is 44.9 Å². The molecule has 1 aromatic carbocycles. The smallest absolute Gasteiger partial charge is 0.410 e. The van der Waals surface area contributed by atoms with Gasteiger partial charge >= 0.3 is 12.1 Å². The molecular weight excluding hydrogens is 372 g/mol. The number of esters is 1. The maximum atomic E-state index is 12.3. The highest BCUT2D eigenvalue weighted by Crippen LogP contribution is 2.31. The number of nitrogens with zero attached hydrogens (tertiary/aromatic N) is 2. The summed E-state index contributed by atoms with van der Waals surface area (Å²) in [7, 11) is 0. The van der Waals surface area contributed by atoms with Crippen molar-refractivity contribution < 1.29 is 23.8 Å². The van der Waals surface area contributed by atoms with E-state index in [0.29, 0.717) is 31.9 Å². The van der Waals surface area contributed by atoms with E-state index in [1.807, 2.05) is 46.8 Å². The van der Waals surface area contributed by atoms with Gasteiger partial charge in [-0.3, -0.25) is 4.90 Å². The van der Waals surface area contributed by atoms with Crippen LogP contribution in [0.25, 0.3) is 0 Å². The SMILES string of the molecule is CCOC(CN1CCN(C(=O)OC(C)(C)C)CC1)c1ccc2c(c1C)COC2=O. The Morgan fingerprint density at radius 1 is 1.21 bits per heavy atom. The summed E-state index contributed by atoms with van der Waals surface area (Å²) in [5.41, 5.74) is 3.31. The molecule has 1 aromatic rings. The van der Waals surface area contributed by atoms with Gasteiger partial charge in [-0.2, -0.15) is 0 Å². The van der Waals surface area contributed by atoms with Crippen LogP contribution in [0.4, 0.5) is 4.79 Å². The molecule has 7 nitrogen and oxygen atoms in total. The van der Waals surface area contributed by atoms with Crippen molar-refractivity contribution in [2.45, 2.75) is 52.9 Å². The lowest BCUT2D eigenvalue weighted by Crippen LogP contribution is -2.50. The Morgan fingerprint density at radius 2 is 1.90 bits per heavy atom. The van der Waals surface area contributed by atoms with Gasteiger partial charge in [0.15, 0.2) is 0 Å². The second-order valence-electron chi connectivity index (χ2n) is 8.59. The second kappa shape index (κ2) is 8.71. The quantitative estimate of drug-likeness (QED) is 0.702. The highest BCUT2D eigenvalue weighted by atomic mass is 16.6. The Morgan fingerprint density at radius 3 is 2.52 bits per heavy atom. The Bertz CT molecular complexity index is 763. The zero-order valence-electron chi connectivity index (χ0n) is 18.1. The normalized spacial score (nSPS) is 18.4. The monoisotopic (exact) mass is 404 g/mol. The molecule has 2 aliphatic heterocycles. The van der Waals surface area contributed by atoms with Crippen LogP contribution in [0.1, 0.15) is 60.8 Å². The van der Waals surface area contributed by atoms with Crippen LogP contribution in [0.15, 0.2) is 12.1 Å². The molecule has 0 spiro atoms. The summed E-state index contributed by atoms with van der Waals surface area (Å²) < 4.78 is 16.7. The third kappa shape index (κ3) is 5.08. The molecule has 0 aliphatic carbocycles. The molecule has 2 heterocycles. The number of carbonyl (C=O) groups excluding carboxylic acids is 2. The topological polar surface area (TPSA) is 68.3 Å². The zero-order valence-corrected chi connectivity index (χ0v) is 18.1. The number of hydrogen-bond acceptors (Lipinski definition) is 6. The fraction of sp³-hybridized carbons (Fsp3) is 0.636. The van der Waals surface area contributed by atoms with E-state index in [-0.39, 0.29) is 18.2 Å². The average Bonchev–Trinajstić information content (AvgIpc) is 3.03. The minimum atomic E-state index is -0.482. The molecular formula is C22H32N2O5. The van der Waals surface area contributed by atoms with Crippen molar-refractivity contribution in [3.63, 3.8) is 0 Å². The number of cyclic esters (lactones) is 1. The van der Waals surface area contributed by atoms with Crippen LogP contribution in [-0.4, -0.2) is 66.8 Å². The maximum Gasteiger partial charge on any atom is 0.410 e. The molecule has 2 aliphatic rings. The zero-order chi connectivity index (χ0) is 21.2. The Labute approximate surface area is 172 Å². The number of carbonyl (C=O) groups is 2. The van der Waals surface area contributed by atoms with Gasteiger partial charge in [0.2, 0.25) is 0 Å². The summed E-state index contributed by atoms with van der Waals surface area (Å²) in [6, 6.07) is 3.83. The summed E-state index contributed by atoms with van der Waals surface area (Å²) >= 11 is 0. The third-order valence-electron chi connectivity index (χ3n) is 5.37. The predicted molar refractivity (Wildman–Crippen MR) is 109 cm³/mol. The minimum absolute atomic E-state index is 0.0888. The van der Waals surface area contributed by atoms with Crippen LogP contribution in [-0.2, 0) is 20.8 Å². The van der Waals surface area contributed by atoms with Gasteiger partial charge in [0.25, 0.3) is 0 Å². The highest BCUT2D eigenvalue weighted by molar-refractivity contribution is 5.93. The molecule has 7 heteroatoms. The van der Waals surface area contributed by atoms with Crippen molar-refractivity contribution in [1.82, 2.24) is 9.80 Å². The number of piperazine rings is 1. The van der Waals surface area contributed by atoms with E-state index in [4.69, 9.17) is 14.2 Å². The Hall–Kier alpha value is -2.12. The molecule has 29 heavy (non-hydrogen) atoms. The first-order valence-corrected chi connectivity index (χ1v) is 10.3. The standard InChI is InChI=1S/C22H32N2O5/c1-6-27-19(16-7-8-17-18(15(16)2)14-28-20(17)25)13-23-9-11-24(12-10-23)21(26)29-22(3,4)5/h7-8,19H,6,9-14H2,1-5H3. The van der Waals surface area contributed by atoms with Crippen molar-refractivity contribution in [1.29, 1.82) is 0 Å². The van der Waals surface area contributed by atoms with E-state index in [2.05, 4.69) is 4.90 Å². The summed E-state index contributed by atoms with van der Waals surface area (Å²) in [6.07, 6.45) is -0.341. The predicted octanol–water partition coefficient (Wildman–Crippen LogP) is 3.30. The van der Waals surface area contributed by atoms with E-state index < -0.39 is 5.60 Å². The van der Waals surface area contributed by atoms with Crippen molar-refractivity contribution in [2.24, 2.45) is 0 Å². The lowest BCUT2D eigenvalue weighted by atomic mass is 9.95. The van der Waals surface area contributed by atoms with Crippen molar-refractivity contribution in [3.8, 4) is 0 Å². The lowest BCUT2D eigenvalue weighted by molar-refractivity contribution is -0.000218. The first-order valence-electron chi connectivity index (χ1n) is 10.3. The molecule has 1 saturated heterocycles. The molecule has 1 fully saturated rings. The number of amides is 1. The van der Waals surface area contributed by atoms with E-state index in [9.17, 15) is 9.59 Å². The van der Waals surface area contributed by atoms with Gasteiger partial charge in [-0.1, -0.05) is 6.07 Å². The average molecular weight is 405 g/mol. The van der Waals surface area contributed by atoms with Gasteiger partial charge in [0.05, 0.1) is 11.7 Å². The van der Waals surface area contributed by atoms with Crippen LogP contribution in [0.5, 0.6) is 0 Å². The first-order chi connectivity index (χ1) is 13.7. The lowest BCUT2D eigenvalue weighted by Gasteiger charge is -2.37. The number of ether oxygens (including phenoxy) is 3. The molecule has 0 aromatic heterocycles. The van der Waals surface area contributed by atoms with Crippen LogP contribution in [0, 0.1) is 6.92 Å². The third-order valence-corrected chi connectivity index (χ3v) is 5.37. The van der Waals surface area contributed by atoms with Crippen molar-refractivity contribution in [3.05, 3.63) is 34.4 Å². The molecule has 1 atom stereocenters. The van der Waals surface area contributed by atoms with E-state index in [1.165, 1.54) is 0 Å². The largest absolute Gasteiger partial charge is 0.457 e.